The van der Waals surface area contributed by atoms with Gasteiger partial charge < -0.3 is 9.84 Å². The first kappa shape index (κ1) is 24.9. The molecule has 3 fully saturated rings. The van der Waals surface area contributed by atoms with E-state index < -0.39 is 51.3 Å². The molecule has 1 N–H and O–H groups in total. The third kappa shape index (κ3) is 2.96. The number of carbonyl (C=O) groups excluding carboxylic acids is 3. The number of hydrogen-bond donors (Lipinski definition) is 1. The van der Waals surface area contributed by atoms with E-state index in [0.717, 1.165) is 0 Å². The van der Waals surface area contributed by atoms with Crippen molar-refractivity contribution in [2.24, 2.45) is 28.6 Å². The highest BCUT2D eigenvalue weighted by atomic mass is 35.5. The zero-order valence-corrected chi connectivity index (χ0v) is 20.9. The molecule has 0 aliphatic heterocycles. The molecule has 3 saturated carbocycles. The predicted octanol–water partition coefficient (Wildman–Crippen LogP) is 4.32. The molecule has 9 atom stereocenters. The van der Waals surface area contributed by atoms with E-state index in [1.165, 1.54) is 12.2 Å². The van der Waals surface area contributed by atoms with Crippen LogP contribution in [0.1, 0.15) is 53.4 Å². The van der Waals surface area contributed by atoms with Gasteiger partial charge in [0.05, 0.1) is 16.9 Å². The molecule has 9 unspecified atom stereocenters. The lowest BCUT2D eigenvalue weighted by Gasteiger charge is -2.64. The molecule has 4 aliphatic carbocycles. The Labute approximate surface area is 203 Å². The minimum absolute atomic E-state index is 0.0168. The number of aliphatic hydroxyl groups excluding tert-OH is 1. The van der Waals surface area contributed by atoms with Crippen LogP contribution in [0.15, 0.2) is 23.8 Å². The highest BCUT2D eigenvalue weighted by Gasteiger charge is 2.77. The Balaban J connectivity index is 1.88. The van der Waals surface area contributed by atoms with Crippen molar-refractivity contribution in [1.29, 1.82) is 0 Å². The molecule has 0 saturated heterocycles. The molecule has 182 valence electrons. The first-order valence-electron chi connectivity index (χ1n) is 11.6. The number of Topliss-reactive ketones (excluding diaryl/α,β-unsaturated/α-hetero) is 1. The summed E-state index contributed by atoms with van der Waals surface area (Å²) < 4.78 is 21.5. The highest BCUT2D eigenvalue weighted by molar-refractivity contribution is 6.29. The molecule has 33 heavy (non-hydrogen) atoms. The van der Waals surface area contributed by atoms with Gasteiger partial charge in [0.25, 0.3) is 0 Å². The van der Waals surface area contributed by atoms with Gasteiger partial charge in [0.15, 0.2) is 17.2 Å². The van der Waals surface area contributed by atoms with Crippen LogP contribution in [0.25, 0.3) is 0 Å². The molecule has 5 nitrogen and oxygen atoms in total. The lowest BCUT2D eigenvalue weighted by atomic mass is 9.45. The zero-order chi connectivity index (χ0) is 24.6. The SMILES string of the molecule is CCC(=O)OC1(C(=O)CCl)C(C)CC2C3CC(F)C4=CC(=O)C=CC4(C)C3(Cl)C(O)CC21C. The Kier molecular flexibility index (Phi) is 5.95. The molecule has 0 radical (unpaired) electrons. The molecule has 0 bridgehead atoms. The van der Waals surface area contributed by atoms with Crippen LogP contribution in [0.3, 0.4) is 0 Å². The largest absolute Gasteiger partial charge is 0.450 e. The van der Waals surface area contributed by atoms with Gasteiger partial charge in [-0.25, -0.2) is 4.39 Å². The number of allylic oxidation sites excluding steroid dienone is 4. The van der Waals surface area contributed by atoms with E-state index in [9.17, 15) is 19.5 Å². The maximum atomic E-state index is 15.6. The summed E-state index contributed by atoms with van der Waals surface area (Å²) in [4.78, 5) is 36.6. The maximum absolute atomic E-state index is 15.6. The van der Waals surface area contributed by atoms with Gasteiger partial charge in [0, 0.05) is 23.2 Å². The van der Waals surface area contributed by atoms with Gasteiger partial charge in [-0.1, -0.05) is 33.8 Å². The number of esters is 1. The molecular formula is C25H31Cl2FO5. The van der Waals surface area contributed by atoms with Gasteiger partial charge >= 0.3 is 5.97 Å². The monoisotopic (exact) mass is 500 g/mol. The number of aliphatic hydroxyl groups is 1. The molecule has 4 rings (SSSR count). The van der Waals surface area contributed by atoms with Crippen molar-refractivity contribution in [2.75, 3.05) is 5.88 Å². The normalized spacial score (nSPS) is 48.4. The van der Waals surface area contributed by atoms with Gasteiger partial charge in [-0.2, -0.15) is 0 Å². The van der Waals surface area contributed by atoms with Crippen molar-refractivity contribution in [2.45, 2.75) is 76.1 Å². The number of rotatable bonds is 4. The fourth-order valence-corrected chi connectivity index (χ4v) is 8.43. The molecule has 0 aromatic rings. The minimum Gasteiger partial charge on any atom is -0.450 e. The molecule has 0 heterocycles. The van der Waals surface area contributed by atoms with Crippen LogP contribution in [0, 0.1) is 28.6 Å². The third-order valence-electron chi connectivity index (χ3n) is 9.27. The Morgan fingerprint density at radius 2 is 1.94 bits per heavy atom. The van der Waals surface area contributed by atoms with Crippen LogP contribution in [0.4, 0.5) is 4.39 Å². The van der Waals surface area contributed by atoms with Gasteiger partial charge in [-0.3, -0.25) is 14.4 Å². The molecule has 0 spiro atoms. The summed E-state index contributed by atoms with van der Waals surface area (Å²) >= 11 is 13.4. The van der Waals surface area contributed by atoms with E-state index in [1.807, 2.05) is 13.8 Å². The zero-order valence-electron chi connectivity index (χ0n) is 19.4. The van der Waals surface area contributed by atoms with E-state index >= 15 is 4.39 Å². The smallest absolute Gasteiger partial charge is 0.306 e. The number of ether oxygens (including phenoxy) is 1. The van der Waals surface area contributed by atoms with Crippen LogP contribution in [-0.4, -0.2) is 51.3 Å². The van der Waals surface area contributed by atoms with Crippen molar-refractivity contribution >= 4 is 40.7 Å². The quantitative estimate of drug-likeness (QED) is 0.459. The van der Waals surface area contributed by atoms with Crippen LogP contribution >= 0.6 is 23.2 Å². The van der Waals surface area contributed by atoms with Crippen LogP contribution in [0.2, 0.25) is 0 Å². The number of carbonyl (C=O) groups is 3. The second-order valence-corrected chi connectivity index (χ2v) is 11.5. The fourth-order valence-electron chi connectivity index (χ4n) is 7.74. The summed E-state index contributed by atoms with van der Waals surface area (Å²) in [5.74, 6) is -2.75. The maximum Gasteiger partial charge on any atom is 0.306 e. The molecule has 4 aliphatic rings. The summed E-state index contributed by atoms with van der Waals surface area (Å²) in [5, 5.41) is 11.6. The Morgan fingerprint density at radius 3 is 2.55 bits per heavy atom. The average molecular weight is 501 g/mol. The van der Waals surface area contributed by atoms with Crippen LogP contribution < -0.4 is 0 Å². The molecule has 8 heteroatoms. The Bertz CT molecular complexity index is 964. The third-order valence-corrected chi connectivity index (χ3v) is 10.4. The summed E-state index contributed by atoms with van der Waals surface area (Å²) in [6.07, 6.45) is 2.42. The predicted molar refractivity (Wildman–Crippen MR) is 123 cm³/mol. The summed E-state index contributed by atoms with van der Waals surface area (Å²) in [7, 11) is 0. The van der Waals surface area contributed by atoms with Crippen molar-refractivity contribution < 1.29 is 28.6 Å². The van der Waals surface area contributed by atoms with Crippen molar-refractivity contribution in [3.63, 3.8) is 0 Å². The molecule has 0 aromatic carbocycles. The Hall–Kier alpha value is -1.24. The van der Waals surface area contributed by atoms with Gasteiger partial charge in [-0.05, 0) is 48.8 Å². The van der Waals surface area contributed by atoms with E-state index in [2.05, 4.69) is 0 Å². The summed E-state index contributed by atoms with van der Waals surface area (Å²) in [5.41, 5.74) is -3.28. The minimum atomic E-state index is -1.52. The lowest BCUT2D eigenvalue weighted by molar-refractivity contribution is -0.201. The highest BCUT2D eigenvalue weighted by Crippen LogP contribution is 2.72. The first-order chi connectivity index (χ1) is 15.3. The van der Waals surface area contributed by atoms with E-state index in [1.54, 1.807) is 19.9 Å². The van der Waals surface area contributed by atoms with Crippen molar-refractivity contribution in [3.05, 3.63) is 23.8 Å². The number of halogens is 3. The second-order valence-electron chi connectivity index (χ2n) is 10.6. The van der Waals surface area contributed by atoms with Crippen molar-refractivity contribution in [1.82, 2.24) is 0 Å². The Morgan fingerprint density at radius 1 is 1.27 bits per heavy atom. The number of ketones is 2. The van der Waals surface area contributed by atoms with E-state index in [4.69, 9.17) is 27.9 Å². The number of alkyl halides is 3. The number of hydrogen-bond acceptors (Lipinski definition) is 5. The molecule has 0 aromatic heterocycles. The van der Waals surface area contributed by atoms with Gasteiger partial charge in [0.2, 0.25) is 0 Å². The standard InChI is InChI=1S/C25H31Cl2FO5/c1-5-21(32)33-25(20(31)12-26)13(2)8-15-16-10-18(28)17-9-14(29)6-7-22(17,3)24(16,27)19(30)11-23(15,25)4/h6-7,9,13,15-16,18-19,30H,5,8,10-12H2,1-4H3. The average Bonchev–Trinajstić information content (AvgIpc) is 2.98. The van der Waals surface area contributed by atoms with Crippen LogP contribution in [0.5, 0.6) is 0 Å². The van der Waals surface area contributed by atoms with Gasteiger partial charge in [0.1, 0.15) is 6.17 Å². The van der Waals surface area contributed by atoms with E-state index in [-0.39, 0.29) is 48.3 Å². The topological polar surface area (TPSA) is 80.7 Å². The van der Waals surface area contributed by atoms with Crippen LogP contribution in [-0.2, 0) is 19.1 Å². The lowest BCUT2D eigenvalue weighted by Crippen LogP contribution is -2.70. The van der Waals surface area contributed by atoms with Gasteiger partial charge in [-0.15, -0.1) is 23.2 Å². The van der Waals surface area contributed by atoms with Crippen molar-refractivity contribution in [3.8, 4) is 0 Å². The summed E-state index contributed by atoms with van der Waals surface area (Å²) in [6, 6.07) is 0. The summed E-state index contributed by atoms with van der Waals surface area (Å²) in [6.45, 7) is 7.11. The second kappa shape index (κ2) is 7.89. The first-order valence-corrected chi connectivity index (χ1v) is 12.5. The fraction of sp³-hybridized carbons (Fsp3) is 0.720. The van der Waals surface area contributed by atoms with E-state index in [0.29, 0.717) is 6.42 Å². The molecule has 0 amide bonds. The number of fused-ring (bicyclic) bond motifs is 5. The molecular weight excluding hydrogens is 470 g/mol.